The normalized spacial score (nSPS) is 29.1. The third kappa shape index (κ3) is 3.57. The van der Waals surface area contributed by atoms with Crippen molar-refractivity contribution in [3.8, 4) is 0 Å². The molecule has 9 heteroatoms. The van der Waals surface area contributed by atoms with E-state index < -0.39 is 24.4 Å². The van der Waals surface area contributed by atoms with Gasteiger partial charge in [-0.05, 0) is 6.08 Å². The standard InChI is InChI=1S/C7H16NO.C5H3BF4O2/c1-8(7-9-2)5-3-4-6-8;7-4(8)1-2-6(10)5(4,9)3(11)12/h3-7H2,1-2H3;1-2H,(H,11,12)/q+1;/p-1. The SMILES string of the molecule is COC[N+]1(C)CCCC1.O=C([O-])C1(F)B(F)C=CC1(F)F. The summed E-state index contributed by atoms with van der Waals surface area (Å²) in [5.41, 5.74) is -4.26. The molecular weight excluding hydrogens is 293 g/mol. The van der Waals surface area contributed by atoms with E-state index in [1.807, 2.05) is 0 Å². The molecule has 0 saturated carbocycles. The Balaban J connectivity index is 0.000000219. The van der Waals surface area contributed by atoms with Crippen LogP contribution in [0.5, 0.6) is 0 Å². The highest BCUT2D eigenvalue weighted by molar-refractivity contribution is 6.66. The molecule has 0 radical (unpaired) electrons. The number of carbonyl (C=O) groups excluding carboxylic acids is 1. The first-order valence-corrected chi connectivity index (χ1v) is 6.53. The molecule has 0 aromatic heterocycles. The zero-order chi connectivity index (χ0) is 16.3. The van der Waals surface area contributed by atoms with Crippen LogP contribution in [-0.2, 0) is 9.53 Å². The molecule has 120 valence electrons. The first-order valence-electron chi connectivity index (χ1n) is 6.53. The van der Waals surface area contributed by atoms with Crippen molar-refractivity contribution in [3.63, 3.8) is 0 Å². The van der Waals surface area contributed by atoms with E-state index >= 15 is 0 Å². The van der Waals surface area contributed by atoms with Gasteiger partial charge in [0.2, 0.25) is 5.57 Å². The van der Waals surface area contributed by atoms with Crippen LogP contribution in [0.2, 0.25) is 0 Å². The zero-order valence-corrected chi connectivity index (χ0v) is 12.0. The minimum Gasteiger partial charge on any atom is -0.547 e. The van der Waals surface area contributed by atoms with Gasteiger partial charge in [-0.25, -0.2) is 4.39 Å². The maximum atomic E-state index is 12.8. The predicted molar refractivity (Wildman–Crippen MR) is 66.8 cm³/mol. The number of quaternary nitrogens is 1. The molecule has 1 unspecified atom stereocenters. The molecule has 0 bridgehead atoms. The van der Waals surface area contributed by atoms with Crippen LogP contribution < -0.4 is 5.11 Å². The van der Waals surface area contributed by atoms with E-state index in [-0.39, 0.29) is 12.1 Å². The number of aliphatic carboxylic acids is 1. The van der Waals surface area contributed by atoms with Gasteiger partial charge in [-0.2, -0.15) is 8.78 Å². The number of methoxy groups -OCH3 is 1. The number of carbonyl (C=O) groups is 1. The van der Waals surface area contributed by atoms with E-state index in [0.29, 0.717) is 0 Å². The Hall–Kier alpha value is -1.09. The average molecular weight is 311 g/mol. The Morgan fingerprint density at radius 3 is 2.19 bits per heavy atom. The number of allylic oxidation sites excluding steroid dienone is 1. The number of hydrogen-bond donors (Lipinski definition) is 0. The Labute approximate surface area is 121 Å². The summed E-state index contributed by atoms with van der Waals surface area (Å²) in [6, 6.07) is 0. The van der Waals surface area contributed by atoms with Gasteiger partial charge in [-0.1, -0.05) is 5.98 Å². The molecule has 0 N–H and O–H groups in total. The monoisotopic (exact) mass is 311 g/mol. The van der Waals surface area contributed by atoms with Crippen LogP contribution in [0.1, 0.15) is 12.8 Å². The van der Waals surface area contributed by atoms with Gasteiger partial charge in [0, 0.05) is 20.0 Å². The number of alkyl halides is 3. The van der Waals surface area contributed by atoms with Crippen molar-refractivity contribution >= 4 is 13.0 Å². The highest BCUT2D eigenvalue weighted by atomic mass is 19.3. The number of hydrogen-bond acceptors (Lipinski definition) is 3. The van der Waals surface area contributed by atoms with Gasteiger partial charge in [0.1, 0.15) is 0 Å². The van der Waals surface area contributed by atoms with Crippen LogP contribution in [0.15, 0.2) is 12.1 Å². The summed E-state index contributed by atoms with van der Waals surface area (Å²) in [6.07, 6.45) is 2.63. The number of rotatable bonds is 3. The summed E-state index contributed by atoms with van der Waals surface area (Å²) in [7, 11) is 4.04. The zero-order valence-electron chi connectivity index (χ0n) is 12.0. The van der Waals surface area contributed by atoms with Crippen LogP contribution in [-0.4, -0.2) is 62.9 Å². The number of likely N-dealkylation sites (tertiary alicyclic amines) is 1. The lowest BCUT2D eigenvalue weighted by Crippen LogP contribution is -2.60. The Bertz CT molecular complexity index is 415. The van der Waals surface area contributed by atoms with Crippen molar-refractivity contribution in [3.05, 3.63) is 12.1 Å². The van der Waals surface area contributed by atoms with Gasteiger partial charge < -0.3 is 23.4 Å². The summed E-state index contributed by atoms with van der Waals surface area (Å²) < 4.78 is 56.1. The summed E-state index contributed by atoms with van der Waals surface area (Å²) in [4.78, 5) is 9.90. The predicted octanol–water partition coefficient (Wildman–Crippen LogP) is 0.520. The maximum Gasteiger partial charge on any atom is 0.425 e. The first kappa shape index (κ1) is 18.0. The summed E-state index contributed by atoms with van der Waals surface area (Å²) in [6.45, 7) is 0.624. The number of ether oxygens (including phenoxy) is 1. The van der Waals surface area contributed by atoms with Crippen molar-refractivity contribution in [1.82, 2.24) is 0 Å². The minimum absolute atomic E-state index is 0.118. The Kier molecular flexibility index (Phi) is 5.43. The molecule has 0 aliphatic carbocycles. The second kappa shape index (κ2) is 6.35. The lowest BCUT2D eigenvalue weighted by atomic mass is 9.59. The number of carboxylic acid groups (broad SMARTS) is 1. The van der Waals surface area contributed by atoms with Crippen LogP contribution >= 0.6 is 0 Å². The molecule has 1 atom stereocenters. The second-order valence-corrected chi connectivity index (χ2v) is 5.57. The fourth-order valence-electron chi connectivity index (χ4n) is 2.43. The van der Waals surface area contributed by atoms with E-state index in [4.69, 9.17) is 4.74 Å². The maximum absolute atomic E-state index is 12.8. The van der Waals surface area contributed by atoms with Crippen molar-refractivity contribution in [2.75, 3.05) is 34.0 Å². The van der Waals surface area contributed by atoms with Crippen molar-refractivity contribution in [1.29, 1.82) is 0 Å². The van der Waals surface area contributed by atoms with Crippen molar-refractivity contribution in [2.24, 2.45) is 0 Å². The van der Waals surface area contributed by atoms with Gasteiger partial charge in [0.05, 0.1) is 26.1 Å². The molecule has 2 aliphatic rings. The Morgan fingerprint density at radius 1 is 1.38 bits per heavy atom. The number of nitrogens with zero attached hydrogens (tertiary/aromatic N) is 1. The minimum atomic E-state index is -4.34. The molecule has 2 heterocycles. The van der Waals surface area contributed by atoms with E-state index in [9.17, 15) is 27.4 Å². The van der Waals surface area contributed by atoms with E-state index in [2.05, 4.69) is 7.05 Å². The van der Waals surface area contributed by atoms with Crippen LogP contribution in [0.25, 0.3) is 0 Å². The first-order chi connectivity index (χ1) is 9.59. The quantitative estimate of drug-likeness (QED) is 0.434. The molecule has 1 saturated heterocycles. The highest BCUT2D eigenvalue weighted by Gasteiger charge is 2.65. The molecule has 21 heavy (non-hydrogen) atoms. The third-order valence-corrected chi connectivity index (χ3v) is 3.72. The van der Waals surface area contributed by atoms with Crippen molar-refractivity contribution in [2.45, 2.75) is 24.3 Å². The lowest BCUT2D eigenvalue weighted by molar-refractivity contribution is -0.916. The average Bonchev–Trinajstić information content (AvgIpc) is 2.89. The van der Waals surface area contributed by atoms with Gasteiger partial charge in [-0.3, -0.25) is 0 Å². The van der Waals surface area contributed by atoms with E-state index in [1.165, 1.54) is 25.9 Å². The lowest BCUT2D eigenvalue weighted by Gasteiger charge is -2.27. The fourth-order valence-corrected chi connectivity index (χ4v) is 2.43. The van der Waals surface area contributed by atoms with Gasteiger partial charge in [0.15, 0.2) is 6.73 Å². The Morgan fingerprint density at radius 2 is 1.90 bits per heavy atom. The molecular formula is C12H18BF4NO3. The number of carboxylic acids is 1. The molecule has 2 aliphatic heterocycles. The van der Waals surface area contributed by atoms with Gasteiger partial charge >= 0.3 is 12.9 Å². The van der Waals surface area contributed by atoms with Gasteiger partial charge in [-0.15, -0.1) is 0 Å². The van der Waals surface area contributed by atoms with Gasteiger partial charge in [0.25, 0.3) is 0 Å². The van der Waals surface area contributed by atoms with Crippen LogP contribution in [0.4, 0.5) is 17.5 Å². The summed E-state index contributed by atoms with van der Waals surface area (Å²) in [5.74, 6) is -6.92. The number of halogens is 4. The second-order valence-electron chi connectivity index (χ2n) is 5.57. The molecule has 0 amide bonds. The molecule has 0 aromatic carbocycles. The third-order valence-electron chi connectivity index (χ3n) is 3.72. The van der Waals surface area contributed by atoms with Crippen LogP contribution in [0, 0.1) is 0 Å². The largest absolute Gasteiger partial charge is 0.547 e. The van der Waals surface area contributed by atoms with Crippen LogP contribution in [0.3, 0.4) is 0 Å². The highest BCUT2D eigenvalue weighted by Crippen LogP contribution is 2.41. The molecule has 0 spiro atoms. The summed E-state index contributed by atoms with van der Waals surface area (Å²) >= 11 is 0. The smallest absolute Gasteiger partial charge is 0.425 e. The molecule has 4 nitrogen and oxygen atoms in total. The van der Waals surface area contributed by atoms with E-state index in [0.717, 1.165) is 11.2 Å². The van der Waals surface area contributed by atoms with E-state index in [1.54, 1.807) is 7.11 Å². The van der Waals surface area contributed by atoms with Crippen molar-refractivity contribution < 1.29 is 36.6 Å². The molecule has 1 fully saturated rings. The topological polar surface area (TPSA) is 49.4 Å². The molecule has 2 rings (SSSR count). The molecule has 0 aromatic rings. The summed E-state index contributed by atoms with van der Waals surface area (Å²) in [5, 5.41) is 9.90. The fraction of sp³-hybridized carbons (Fsp3) is 0.750.